The van der Waals surface area contributed by atoms with Gasteiger partial charge in [0.05, 0.1) is 0 Å². The van der Waals surface area contributed by atoms with Gasteiger partial charge in [0, 0.05) is 6.04 Å². The maximum absolute atomic E-state index is 11.7. The van der Waals surface area contributed by atoms with E-state index in [1.165, 1.54) is 19.3 Å². The van der Waals surface area contributed by atoms with Gasteiger partial charge in [-0.05, 0) is 25.2 Å². The molecule has 7 nitrogen and oxygen atoms in total. The largest absolute Gasteiger partial charge is 0.480 e. The van der Waals surface area contributed by atoms with Crippen LogP contribution in [0.2, 0.25) is 0 Å². The summed E-state index contributed by atoms with van der Waals surface area (Å²) in [4.78, 5) is 33.4. The molecule has 1 saturated carbocycles. The van der Waals surface area contributed by atoms with Crippen LogP contribution >= 0.6 is 0 Å². The molecule has 0 heterocycles. The van der Waals surface area contributed by atoms with E-state index in [2.05, 4.69) is 15.4 Å². The van der Waals surface area contributed by atoms with Crippen LogP contribution < -0.4 is 10.6 Å². The van der Waals surface area contributed by atoms with E-state index in [-0.39, 0.29) is 6.04 Å². The van der Waals surface area contributed by atoms with Crippen molar-refractivity contribution in [3.05, 3.63) is 0 Å². The van der Waals surface area contributed by atoms with Gasteiger partial charge >= 0.3 is 12.0 Å². The number of carboxylic acid groups (broad SMARTS) is 1. The predicted octanol–water partition coefficient (Wildman–Crippen LogP) is 1.27. The van der Waals surface area contributed by atoms with Crippen LogP contribution in [0.25, 0.3) is 0 Å². The van der Waals surface area contributed by atoms with Crippen LogP contribution in [0.1, 0.15) is 45.4 Å². The number of hydrogen-bond acceptors (Lipinski definition) is 4. The maximum Gasteiger partial charge on any atom is 0.329 e. The van der Waals surface area contributed by atoms with Gasteiger partial charge in [-0.2, -0.15) is 0 Å². The molecule has 0 aromatic heterocycles. The molecule has 1 aliphatic carbocycles. The first-order valence-electron chi connectivity index (χ1n) is 7.42. The summed E-state index contributed by atoms with van der Waals surface area (Å²) in [6.45, 7) is 1.01. The third-order valence-corrected chi connectivity index (χ3v) is 3.69. The summed E-state index contributed by atoms with van der Waals surface area (Å²) in [6, 6.07) is -0.477. The zero-order chi connectivity index (χ0) is 15.7. The van der Waals surface area contributed by atoms with E-state index in [4.69, 9.17) is 5.11 Å². The Labute approximate surface area is 124 Å². The van der Waals surface area contributed by atoms with Gasteiger partial charge in [0.15, 0.2) is 0 Å². The molecule has 1 unspecified atom stereocenters. The topological polar surface area (TPSA) is 105 Å². The Morgan fingerprint density at radius 3 is 2.43 bits per heavy atom. The van der Waals surface area contributed by atoms with E-state index in [9.17, 15) is 14.4 Å². The fraction of sp³-hybridized carbons (Fsp3) is 0.786. The van der Waals surface area contributed by atoms with Crippen molar-refractivity contribution in [2.45, 2.75) is 51.5 Å². The van der Waals surface area contributed by atoms with Crippen molar-refractivity contribution in [1.82, 2.24) is 10.6 Å². The number of imide groups is 1. The van der Waals surface area contributed by atoms with Crippen LogP contribution in [0.15, 0.2) is 0 Å². The average Bonchev–Trinajstić information content (AvgIpc) is 2.45. The standard InChI is InChI=1S/C14H24N2O5/c1-2-11(10-6-4-3-5-7-10)15-14(20)16-12(17)8-21-9-13(18)19/h10-11H,2-9H2,1H3,(H,18,19)(H2,15,16,17,20). The minimum Gasteiger partial charge on any atom is -0.480 e. The van der Waals surface area contributed by atoms with E-state index in [1.54, 1.807) is 0 Å². The van der Waals surface area contributed by atoms with Crippen molar-refractivity contribution in [3.63, 3.8) is 0 Å². The van der Waals surface area contributed by atoms with Gasteiger partial charge in [-0.25, -0.2) is 9.59 Å². The first kappa shape index (κ1) is 17.4. The normalized spacial score (nSPS) is 17.0. The lowest BCUT2D eigenvalue weighted by Gasteiger charge is -2.30. The van der Waals surface area contributed by atoms with Crippen LogP contribution in [0.5, 0.6) is 0 Å². The minimum atomic E-state index is -1.16. The van der Waals surface area contributed by atoms with E-state index in [0.717, 1.165) is 19.3 Å². The lowest BCUT2D eigenvalue weighted by molar-refractivity contribution is -0.143. The highest BCUT2D eigenvalue weighted by atomic mass is 16.5. The molecule has 0 aliphatic heterocycles. The molecular weight excluding hydrogens is 276 g/mol. The van der Waals surface area contributed by atoms with Crippen molar-refractivity contribution in [3.8, 4) is 0 Å². The number of ether oxygens (including phenoxy) is 1. The molecule has 1 atom stereocenters. The number of rotatable bonds is 7. The number of nitrogens with one attached hydrogen (secondary N) is 2. The first-order valence-corrected chi connectivity index (χ1v) is 7.42. The lowest BCUT2D eigenvalue weighted by Crippen LogP contribution is -2.48. The zero-order valence-electron chi connectivity index (χ0n) is 12.4. The molecule has 0 saturated heterocycles. The maximum atomic E-state index is 11.7. The van der Waals surface area contributed by atoms with Crippen LogP contribution in [0.4, 0.5) is 4.79 Å². The molecule has 1 aliphatic rings. The molecule has 0 radical (unpaired) electrons. The molecule has 0 aromatic rings. The van der Waals surface area contributed by atoms with Gasteiger partial charge in [-0.1, -0.05) is 26.2 Å². The number of hydrogen-bond donors (Lipinski definition) is 3. The molecule has 3 amide bonds. The smallest absolute Gasteiger partial charge is 0.329 e. The zero-order valence-corrected chi connectivity index (χ0v) is 12.4. The number of carboxylic acids is 1. The van der Waals surface area contributed by atoms with Crippen molar-refractivity contribution in [2.24, 2.45) is 5.92 Å². The Hall–Kier alpha value is -1.63. The van der Waals surface area contributed by atoms with E-state index < -0.39 is 31.1 Å². The summed E-state index contributed by atoms with van der Waals surface area (Å²) in [5.41, 5.74) is 0. The molecule has 3 N–H and O–H groups in total. The fourth-order valence-electron chi connectivity index (χ4n) is 2.69. The van der Waals surface area contributed by atoms with Crippen LogP contribution in [0.3, 0.4) is 0 Å². The van der Waals surface area contributed by atoms with Crippen molar-refractivity contribution in [2.75, 3.05) is 13.2 Å². The summed E-state index contributed by atoms with van der Waals surface area (Å²) >= 11 is 0. The van der Waals surface area contributed by atoms with Gasteiger partial charge in [-0.15, -0.1) is 0 Å². The number of urea groups is 1. The van der Waals surface area contributed by atoms with Crippen molar-refractivity contribution < 1.29 is 24.2 Å². The third kappa shape index (κ3) is 7.08. The number of carbonyl (C=O) groups is 3. The quantitative estimate of drug-likeness (QED) is 0.657. The van der Waals surface area contributed by atoms with E-state index >= 15 is 0 Å². The van der Waals surface area contributed by atoms with Crippen LogP contribution in [-0.4, -0.2) is 42.3 Å². The summed E-state index contributed by atoms with van der Waals surface area (Å²) in [5, 5.41) is 13.3. The fourth-order valence-corrected chi connectivity index (χ4v) is 2.69. The summed E-state index contributed by atoms with van der Waals surface area (Å²) in [5.74, 6) is -1.34. The number of carbonyl (C=O) groups excluding carboxylic acids is 2. The predicted molar refractivity (Wildman–Crippen MR) is 75.8 cm³/mol. The summed E-state index contributed by atoms with van der Waals surface area (Å²) < 4.78 is 4.61. The summed E-state index contributed by atoms with van der Waals surface area (Å²) in [6.07, 6.45) is 6.65. The van der Waals surface area contributed by atoms with Crippen LogP contribution in [-0.2, 0) is 14.3 Å². The van der Waals surface area contributed by atoms with Gasteiger partial charge in [0.2, 0.25) is 0 Å². The molecule has 120 valence electrons. The lowest BCUT2D eigenvalue weighted by atomic mass is 9.83. The second kappa shape index (κ2) is 9.33. The Kier molecular flexibility index (Phi) is 7.74. The minimum absolute atomic E-state index is 0.0676. The average molecular weight is 300 g/mol. The van der Waals surface area contributed by atoms with E-state index in [1.807, 2.05) is 6.92 Å². The SMILES string of the molecule is CCC(NC(=O)NC(=O)COCC(=O)O)C1CCCCC1. The molecular formula is C14H24N2O5. The number of amides is 3. The van der Waals surface area contributed by atoms with Crippen molar-refractivity contribution >= 4 is 17.9 Å². The van der Waals surface area contributed by atoms with Gasteiger partial charge in [0.1, 0.15) is 13.2 Å². The molecule has 0 bridgehead atoms. The Morgan fingerprint density at radius 1 is 1.19 bits per heavy atom. The molecule has 0 spiro atoms. The molecule has 1 rings (SSSR count). The summed E-state index contributed by atoms with van der Waals surface area (Å²) in [7, 11) is 0. The number of aliphatic carboxylic acids is 1. The van der Waals surface area contributed by atoms with Gasteiger partial charge in [-0.3, -0.25) is 10.1 Å². The van der Waals surface area contributed by atoms with E-state index in [0.29, 0.717) is 5.92 Å². The van der Waals surface area contributed by atoms with Gasteiger partial charge < -0.3 is 15.2 Å². The second-order valence-corrected chi connectivity index (χ2v) is 5.32. The second-order valence-electron chi connectivity index (χ2n) is 5.32. The molecule has 21 heavy (non-hydrogen) atoms. The Bertz CT molecular complexity index is 366. The van der Waals surface area contributed by atoms with Crippen molar-refractivity contribution in [1.29, 1.82) is 0 Å². The monoisotopic (exact) mass is 300 g/mol. The Balaban J connectivity index is 2.29. The highest BCUT2D eigenvalue weighted by Crippen LogP contribution is 2.27. The van der Waals surface area contributed by atoms with Crippen LogP contribution in [0, 0.1) is 5.92 Å². The molecule has 0 aromatic carbocycles. The highest BCUT2D eigenvalue weighted by molar-refractivity contribution is 5.95. The Morgan fingerprint density at radius 2 is 1.86 bits per heavy atom. The molecule has 1 fully saturated rings. The highest BCUT2D eigenvalue weighted by Gasteiger charge is 2.24. The van der Waals surface area contributed by atoms with Gasteiger partial charge in [0.25, 0.3) is 5.91 Å². The third-order valence-electron chi connectivity index (χ3n) is 3.69. The first-order chi connectivity index (χ1) is 10.0. The molecule has 7 heteroatoms.